The molecular formula is C13H16N2O3. The van der Waals surface area contributed by atoms with Crippen LogP contribution in [0.2, 0.25) is 0 Å². The molecule has 0 saturated carbocycles. The van der Waals surface area contributed by atoms with Crippen molar-refractivity contribution in [2.75, 3.05) is 5.32 Å². The molecule has 2 amide bonds. The summed E-state index contributed by atoms with van der Waals surface area (Å²) in [6.45, 7) is 4.50. The van der Waals surface area contributed by atoms with Gasteiger partial charge in [0.05, 0.1) is 6.04 Å². The Kier molecular flexibility index (Phi) is 4.59. The number of carbonyl (C=O) groups excluding carboxylic acids is 3. The van der Waals surface area contributed by atoms with Crippen molar-refractivity contribution in [3.8, 4) is 0 Å². The number of amides is 2. The summed E-state index contributed by atoms with van der Waals surface area (Å²) in [5, 5.41) is 5.08. The van der Waals surface area contributed by atoms with Gasteiger partial charge in [0.15, 0.2) is 11.6 Å². The van der Waals surface area contributed by atoms with Gasteiger partial charge in [-0.15, -0.1) is 0 Å². The molecule has 0 spiro atoms. The molecule has 0 fully saturated rings. The van der Waals surface area contributed by atoms with Gasteiger partial charge in [-0.2, -0.15) is 0 Å². The number of benzene rings is 1. The lowest BCUT2D eigenvalue weighted by Crippen LogP contribution is -2.39. The molecule has 1 unspecified atom stereocenters. The summed E-state index contributed by atoms with van der Waals surface area (Å²) in [7, 11) is 0. The maximum absolute atomic E-state index is 11.5. The average molecular weight is 248 g/mol. The fraction of sp³-hybridized carbons (Fsp3) is 0.308. The Balaban J connectivity index is 2.60. The van der Waals surface area contributed by atoms with Crippen molar-refractivity contribution in [2.24, 2.45) is 0 Å². The number of hydrogen-bond donors (Lipinski definition) is 2. The number of Topliss-reactive ketones (excluding diaryl/α,β-unsaturated/α-hetero) is 2. The molecule has 1 aromatic carbocycles. The van der Waals surface area contributed by atoms with Gasteiger partial charge in [0.25, 0.3) is 0 Å². The molecule has 0 heterocycles. The first-order chi connectivity index (χ1) is 8.40. The molecule has 0 aliphatic heterocycles. The molecule has 1 atom stereocenters. The van der Waals surface area contributed by atoms with Gasteiger partial charge in [-0.25, -0.2) is 4.79 Å². The minimum absolute atomic E-state index is 0.0313. The number of ketones is 2. The van der Waals surface area contributed by atoms with E-state index in [2.05, 4.69) is 10.6 Å². The Morgan fingerprint density at radius 2 is 1.61 bits per heavy atom. The predicted octanol–water partition coefficient (Wildman–Crippen LogP) is 1.99. The maximum atomic E-state index is 11.5. The summed E-state index contributed by atoms with van der Waals surface area (Å²) in [6.07, 6.45) is 0. The molecule has 18 heavy (non-hydrogen) atoms. The Hall–Kier alpha value is -2.17. The fourth-order valence-electron chi connectivity index (χ4n) is 1.25. The first-order valence-corrected chi connectivity index (χ1v) is 5.59. The standard InChI is InChI=1S/C13H16N2O3/c1-8(9(2)16)14-13(18)15-12-6-4-11(5-7-12)10(3)17/h4-8H,1-3H3,(H2,14,15,18). The molecule has 0 bridgehead atoms. The highest BCUT2D eigenvalue weighted by Crippen LogP contribution is 2.09. The SMILES string of the molecule is CC(=O)c1ccc(NC(=O)NC(C)C(C)=O)cc1. The molecule has 5 nitrogen and oxygen atoms in total. The summed E-state index contributed by atoms with van der Waals surface area (Å²) in [5.41, 5.74) is 1.14. The Morgan fingerprint density at radius 3 is 2.06 bits per heavy atom. The number of urea groups is 1. The minimum Gasteiger partial charge on any atom is -0.328 e. The van der Waals surface area contributed by atoms with E-state index in [9.17, 15) is 14.4 Å². The first kappa shape index (κ1) is 13.9. The number of anilines is 1. The Labute approximate surface area is 106 Å². The van der Waals surface area contributed by atoms with E-state index in [1.54, 1.807) is 31.2 Å². The summed E-state index contributed by atoms with van der Waals surface area (Å²) in [4.78, 5) is 33.5. The predicted molar refractivity (Wildman–Crippen MR) is 68.7 cm³/mol. The molecule has 0 radical (unpaired) electrons. The lowest BCUT2D eigenvalue weighted by atomic mass is 10.1. The minimum atomic E-state index is -0.526. The van der Waals surface area contributed by atoms with Crippen LogP contribution in [0.4, 0.5) is 10.5 Å². The molecule has 1 rings (SSSR count). The molecular weight excluding hydrogens is 232 g/mol. The van der Waals surface area contributed by atoms with E-state index in [0.717, 1.165) is 0 Å². The van der Waals surface area contributed by atoms with Crippen LogP contribution in [-0.2, 0) is 4.79 Å². The normalized spacial score (nSPS) is 11.5. The van der Waals surface area contributed by atoms with E-state index >= 15 is 0 Å². The number of hydrogen-bond acceptors (Lipinski definition) is 3. The zero-order valence-electron chi connectivity index (χ0n) is 10.6. The van der Waals surface area contributed by atoms with Crippen molar-refractivity contribution in [3.63, 3.8) is 0 Å². The zero-order chi connectivity index (χ0) is 13.7. The smallest absolute Gasteiger partial charge is 0.319 e. The van der Waals surface area contributed by atoms with Crippen LogP contribution in [0.15, 0.2) is 24.3 Å². The molecule has 1 aromatic rings. The maximum Gasteiger partial charge on any atom is 0.319 e. The topological polar surface area (TPSA) is 75.3 Å². The van der Waals surface area contributed by atoms with Crippen molar-refractivity contribution >= 4 is 23.3 Å². The summed E-state index contributed by atoms with van der Waals surface area (Å²) in [6, 6.07) is 5.55. The van der Waals surface area contributed by atoms with E-state index in [4.69, 9.17) is 0 Å². The summed E-state index contributed by atoms with van der Waals surface area (Å²) < 4.78 is 0. The lowest BCUT2D eigenvalue weighted by molar-refractivity contribution is -0.118. The van der Waals surface area contributed by atoms with Crippen LogP contribution >= 0.6 is 0 Å². The molecule has 0 aromatic heterocycles. The highest BCUT2D eigenvalue weighted by Gasteiger charge is 2.11. The van der Waals surface area contributed by atoms with Gasteiger partial charge in [-0.3, -0.25) is 9.59 Å². The Morgan fingerprint density at radius 1 is 1.06 bits per heavy atom. The number of nitrogens with one attached hydrogen (secondary N) is 2. The molecule has 2 N–H and O–H groups in total. The van der Waals surface area contributed by atoms with Gasteiger partial charge in [0.2, 0.25) is 0 Å². The molecule has 0 aliphatic rings. The van der Waals surface area contributed by atoms with E-state index in [0.29, 0.717) is 11.3 Å². The number of rotatable bonds is 4. The molecule has 0 saturated heterocycles. The van der Waals surface area contributed by atoms with Gasteiger partial charge >= 0.3 is 6.03 Å². The van der Waals surface area contributed by atoms with Crippen LogP contribution in [0.5, 0.6) is 0 Å². The van der Waals surface area contributed by atoms with Crippen molar-refractivity contribution < 1.29 is 14.4 Å². The van der Waals surface area contributed by atoms with Gasteiger partial charge in [0, 0.05) is 11.3 Å². The quantitative estimate of drug-likeness (QED) is 0.800. The van der Waals surface area contributed by atoms with E-state index < -0.39 is 12.1 Å². The van der Waals surface area contributed by atoms with Gasteiger partial charge in [-0.05, 0) is 45.0 Å². The largest absolute Gasteiger partial charge is 0.328 e. The van der Waals surface area contributed by atoms with E-state index in [1.165, 1.54) is 13.8 Å². The zero-order valence-corrected chi connectivity index (χ0v) is 10.6. The van der Waals surface area contributed by atoms with Gasteiger partial charge < -0.3 is 10.6 Å². The van der Waals surface area contributed by atoms with Crippen LogP contribution in [0.3, 0.4) is 0 Å². The summed E-state index contributed by atoms with van der Waals surface area (Å²) in [5.74, 6) is -0.145. The monoisotopic (exact) mass is 248 g/mol. The highest BCUT2D eigenvalue weighted by molar-refractivity contribution is 5.96. The van der Waals surface area contributed by atoms with Crippen molar-refractivity contribution in [2.45, 2.75) is 26.8 Å². The van der Waals surface area contributed by atoms with Crippen LogP contribution in [0.1, 0.15) is 31.1 Å². The number of carbonyl (C=O) groups is 3. The van der Waals surface area contributed by atoms with E-state index in [1.807, 2.05) is 0 Å². The second-order valence-corrected chi connectivity index (χ2v) is 4.06. The van der Waals surface area contributed by atoms with Crippen LogP contribution < -0.4 is 10.6 Å². The molecule has 96 valence electrons. The van der Waals surface area contributed by atoms with Gasteiger partial charge in [0.1, 0.15) is 0 Å². The van der Waals surface area contributed by atoms with Crippen molar-refractivity contribution in [1.82, 2.24) is 5.32 Å². The van der Waals surface area contributed by atoms with Crippen LogP contribution in [0, 0.1) is 0 Å². The molecule has 0 aliphatic carbocycles. The first-order valence-electron chi connectivity index (χ1n) is 5.59. The van der Waals surface area contributed by atoms with E-state index in [-0.39, 0.29) is 11.6 Å². The third-order valence-electron chi connectivity index (χ3n) is 2.51. The summed E-state index contributed by atoms with van der Waals surface area (Å²) >= 11 is 0. The molecule has 5 heteroatoms. The second-order valence-electron chi connectivity index (χ2n) is 4.06. The highest BCUT2D eigenvalue weighted by atomic mass is 16.2. The average Bonchev–Trinajstić information content (AvgIpc) is 2.29. The van der Waals surface area contributed by atoms with Crippen molar-refractivity contribution in [3.05, 3.63) is 29.8 Å². The van der Waals surface area contributed by atoms with Crippen LogP contribution in [-0.4, -0.2) is 23.6 Å². The Bertz CT molecular complexity index is 466. The van der Waals surface area contributed by atoms with Gasteiger partial charge in [-0.1, -0.05) is 0 Å². The third kappa shape index (κ3) is 4.01. The third-order valence-corrected chi connectivity index (χ3v) is 2.51. The van der Waals surface area contributed by atoms with Crippen molar-refractivity contribution in [1.29, 1.82) is 0 Å². The fourth-order valence-corrected chi connectivity index (χ4v) is 1.25. The second kappa shape index (κ2) is 5.95. The van der Waals surface area contributed by atoms with Crippen LogP contribution in [0.25, 0.3) is 0 Å². The lowest BCUT2D eigenvalue weighted by Gasteiger charge is -2.11.